The van der Waals surface area contributed by atoms with Crippen molar-refractivity contribution in [1.82, 2.24) is 9.80 Å². The summed E-state index contributed by atoms with van der Waals surface area (Å²) in [6.07, 6.45) is -6.90. The Morgan fingerprint density at radius 3 is 2.24 bits per heavy atom. The highest BCUT2D eigenvalue weighted by Crippen LogP contribution is 2.38. The number of carbonyl (C=O) groups is 2. The molecular weight excluding hydrogens is 496 g/mol. The molecule has 11 heteroatoms. The van der Waals surface area contributed by atoms with Gasteiger partial charge in [0.15, 0.2) is 0 Å². The van der Waals surface area contributed by atoms with Crippen LogP contribution in [0.3, 0.4) is 0 Å². The number of aliphatic hydroxyl groups excluding tert-OH is 1. The van der Waals surface area contributed by atoms with Crippen LogP contribution in [0.5, 0.6) is 5.75 Å². The van der Waals surface area contributed by atoms with Gasteiger partial charge in [-0.3, -0.25) is 9.69 Å². The largest absolute Gasteiger partial charge is 0.415 e. The fraction of sp³-hybridized carbons (Fsp3) is 0.391. The maximum absolute atomic E-state index is 13.1. The Morgan fingerprint density at radius 1 is 1.03 bits per heavy atom. The van der Waals surface area contributed by atoms with Crippen molar-refractivity contribution >= 4 is 35.2 Å². The lowest BCUT2D eigenvalue weighted by molar-refractivity contribution is -0.161. The van der Waals surface area contributed by atoms with Gasteiger partial charge in [0.1, 0.15) is 12.2 Å². The highest BCUT2D eigenvalue weighted by atomic mass is 35.5. The third-order valence-corrected chi connectivity index (χ3v) is 6.08. The number of benzene rings is 2. The Morgan fingerprint density at radius 2 is 1.68 bits per heavy atom. The first-order valence-corrected chi connectivity index (χ1v) is 11.0. The van der Waals surface area contributed by atoms with Crippen LogP contribution in [0, 0.1) is 0 Å². The van der Waals surface area contributed by atoms with Gasteiger partial charge in [0.25, 0.3) is 0 Å². The second kappa shape index (κ2) is 11.8. The van der Waals surface area contributed by atoms with Gasteiger partial charge in [-0.05, 0) is 42.7 Å². The Kier molecular flexibility index (Phi) is 9.61. The van der Waals surface area contributed by atoms with Crippen LogP contribution in [0.25, 0.3) is 0 Å². The molecule has 0 aliphatic heterocycles. The molecule has 0 aromatic heterocycles. The fourth-order valence-corrected chi connectivity index (χ4v) is 3.86. The van der Waals surface area contributed by atoms with Crippen molar-refractivity contribution < 1.29 is 32.6 Å². The first-order chi connectivity index (χ1) is 15.9. The van der Waals surface area contributed by atoms with Crippen molar-refractivity contribution in [2.24, 2.45) is 0 Å². The van der Waals surface area contributed by atoms with Crippen LogP contribution in [-0.4, -0.2) is 60.3 Å². The average molecular weight is 521 g/mol. The van der Waals surface area contributed by atoms with Gasteiger partial charge in [-0.2, -0.15) is 13.2 Å². The number of hydrogen-bond acceptors (Lipinski definition) is 4. The molecule has 0 aliphatic rings. The number of hydrogen-bond donors (Lipinski definition) is 1. The zero-order valence-corrected chi connectivity index (χ0v) is 20.1. The summed E-state index contributed by atoms with van der Waals surface area (Å²) >= 11 is 12.3. The minimum absolute atomic E-state index is 0.0888. The predicted octanol–water partition coefficient (Wildman–Crippen LogP) is 5.50. The van der Waals surface area contributed by atoms with E-state index < -0.39 is 30.1 Å². The highest BCUT2D eigenvalue weighted by Gasteiger charge is 2.43. The average Bonchev–Trinajstić information content (AvgIpc) is 2.77. The van der Waals surface area contributed by atoms with E-state index >= 15 is 0 Å². The lowest BCUT2D eigenvalue weighted by atomic mass is 9.83. The molecule has 0 saturated heterocycles. The topological polar surface area (TPSA) is 70.1 Å². The van der Waals surface area contributed by atoms with Crippen LogP contribution in [0.2, 0.25) is 10.0 Å². The Hall–Kier alpha value is -2.49. The third kappa shape index (κ3) is 7.25. The smallest absolute Gasteiger partial charge is 0.410 e. The Balaban J connectivity index is 2.53. The monoisotopic (exact) mass is 520 g/mol. The van der Waals surface area contributed by atoms with Crippen LogP contribution >= 0.6 is 23.2 Å². The summed E-state index contributed by atoms with van der Waals surface area (Å²) in [5.74, 6) is -0.920. The molecule has 0 fully saturated rings. The van der Waals surface area contributed by atoms with Gasteiger partial charge in [0, 0.05) is 27.2 Å². The van der Waals surface area contributed by atoms with Crippen LogP contribution in [0.4, 0.5) is 18.0 Å². The quantitative estimate of drug-likeness (QED) is 0.473. The molecule has 0 bridgehead atoms. The van der Waals surface area contributed by atoms with Gasteiger partial charge in [-0.15, -0.1) is 0 Å². The summed E-state index contributed by atoms with van der Waals surface area (Å²) in [5.41, 5.74) is -0.978. The van der Waals surface area contributed by atoms with Crippen LogP contribution in [0.15, 0.2) is 48.5 Å². The van der Waals surface area contributed by atoms with E-state index in [1.54, 1.807) is 36.4 Å². The number of alkyl halides is 3. The van der Waals surface area contributed by atoms with E-state index in [4.69, 9.17) is 27.9 Å². The van der Waals surface area contributed by atoms with Crippen molar-refractivity contribution in [2.75, 3.05) is 27.2 Å². The molecular formula is C23H25Cl2F3N2O4. The van der Waals surface area contributed by atoms with E-state index in [0.29, 0.717) is 5.56 Å². The number of amides is 2. The van der Waals surface area contributed by atoms with E-state index in [9.17, 15) is 27.9 Å². The molecule has 2 rings (SSSR count). The van der Waals surface area contributed by atoms with Gasteiger partial charge >= 0.3 is 12.3 Å². The van der Waals surface area contributed by atoms with Crippen molar-refractivity contribution in [3.63, 3.8) is 0 Å². The third-order valence-electron chi connectivity index (χ3n) is 5.35. The SMILES string of the molecule is CN(C[C@](CCCO)(c1ccc(Cl)c(Cl)c1)N(C)C(=O)Oc1ccccc1)C(=O)CC(F)(F)F. The number of carbonyl (C=O) groups excluding carboxylic acids is 2. The van der Waals surface area contributed by atoms with Gasteiger partial charge in [-0.1, -0.05) is 47.5 Å². The zero-order valence-electron chi connectivity index (χ0n) is 18.6. The normalized spacial score (nSPS) is 13.2. The molecule has 34 heavy (non-hydrogen) atoms. The molecule has 0 unspecified atom stereocenters. The summed E-state index contributed by atoms with van der Waals surface area (Å²) < 4.78 is 44.0. The molecule has 0 radical (unpaired) electrons. The molecule has 2 aromatic rings. The maximum atomic E-state index is 13.1. The lowest BCUT2D eigenvalue weighted by Gasteiger charge is -2.44. The standard InChI is InChI=1S/C23H25Cl2F3N2O4/c1-29(20(32)14-23(26,27)28)15-22(11-6-12-31,16-9-10-18(24)19(25)13-16)30(2)21(33)34-17-7-4-3-5-8-17/h3-5,7-10,13,31H,6,11-12,14-15H2,1-2H3/t22-/m1/s1. The second-order valence-corrected chi connectivity index (χ2v) is 8.58. The van der Waals surface area contributed by atoms with E-state index in [2.05, 4.69) is 0 Å². The van der Waals surface area contributed by atoms with E-state index in [1.807, 2.05) is 0 Å². The van der Waals surface area contributed by atoms with Gasteiger partial charge in [0.2, 0.25) is 5.91 Å². The van der Waals surface area contributed by atoms with E-state index in [0.717, 1.165) is 4.90 Å². The van der Waals surface area contributed by atoms with Crippen LogP contribution in [0.1, 0.15) is 24.8 Å². The second-order valence-electron chi connectivity index (χ2n) is 7.77. The molecule has 1 atom stereocenters. The molecule has 0 spiro atoms. The number of para-hydroxylation sites is 1. The predicted molar refractivity (Wildman–Crippen MR) is 123 cm³/mol. The number of nitrogens with zero attached hydrogens (tertiary/aromatic N) is 2. The molecule has 186 valence electrons. The maximum Gasteiger partial charge on any atom is 0.415 e. The molecule has 1 N–H and O–H groups in total. The lowest BCUT2D eigenvalue weighted by Crippen LogP contribution is -2.55. The molecule has 0 aliphatic carbocycles. The summed E-state index contributed by atoms with van der Waals surface area (Å²) in [7, 11) is 2.63. The van der Waals surface area contributed by atoms with Crippen molar-refractivity contribution in [3.05, 3.63) is 64.1 Å². The number of likely N-dealkylation sites (N-methyl/N-ethyl adjacent to an activating group) is 2. The van der Waals surface area contributed by atoms with Gasteiger partial charge in [-0.25, -0.2) is 4.79 Å². The molecule has 2 amide bonds. The van der Waals surface area contributed by atoms with Crippen molar-refractivity contribution in [2.45, 2.75) is 31.0 Å². The molecule has 0 saturated carbocycles. The number of aliphatic hydroxyl groups is 1. The van der Waals surface area contributed by atoms with Crippen LogP contribution < -0.4 is 4.74 Å². The summed E-state index contributed by atoms with van der Waals surface area (Å²) in [5, 5.41) is 9.90. The minimum atomic E-state index is -4.69. The summed E-state index contributed by atoms with van der Waals surface area (Å²) in [4.78, 5) is 27.6. The van der Waals surface area contributed by atoms with Crippen LogP contribution in [-0.2, 0) is 10.3 Å². The number of halogens is 5. The van der Waals surface area contributed by atoms with Crippen molar-refractivity contribution in [3.8, 4) is 5.75 Å². The highest BCUT2D eigenvalue weighted by molar-refractivity contribution is 6.42. The van der Waals surface area contributed by atoms with Crippen molar-refractivity contribution in [1.29, 1.82) is 0 Å². The number of rotatable bonds is 9. The Labute approximate surface area is 205 Å². The first-order valence-electron chi connectivity index (χ1n) is 10.3. The minimum Gasteiger partial charge on any atom is -0.410 e. The van der Waals surface area contributed by atoms with Gasteiger partial charge in [0.05, 0.1) is 15.6 Å². The summed E-state index contributed by atoms with van der Waals surface area (Å²) in [6, 6.07) is 12.8. The Bertz CT molecular complexity index is 992. The number of ether oxygens (including phenoxy) is 1. The van der Waals surface area contributed by atoms with E-state index in [-0.39, 0.29) is 41.8 Å². The molecule has 6 nitrogen and oxygen atoms in total. The zero-order chi connectivity index (χ0) is 25.5. The fourth-order valence-electron chi connectivity index (χ4n) is 3.56. The molecule has 0 heterocycles. The summed E-state index contributed by atoms with van der Waals surface area (Å²) in [6.45, 7) is -0.578. The molecule has 2 aromatic carbocycles. The first kappa shape index (κ1) is 27.8. The van der Waals surface area contributed by atoms with Gasteiger partial charge < -0.3 is 14.7 Å². The van der Waals surface area contributed by atoms with E-state index in [1.165, 1.54) is 31.1 Å².